The van der Waals surface area contributed by atoms with E-state index in [2.05, 4.69) is 15.7 Å². The molecule has 1 aromatic carbocycles. The van der Waals surface area contributed by atoms with E-state index < -0.39 is 0 Å². The second-order valence-electron chi connectivity index (χ2n) is 5.41. The lowest BCUT2D eigenvalue weighted by molar-refractivity contribution is 0.248. The molecule has 5 nitrogen and oxygen atoms in total. The molecular formula is C16H20N4OS. The molecule has 1 aromatic heterocycles. The van der Waals surface area contributed by atoms with Crippen molar-refractivity contribution in [3.8, 4) is 0 Å². The first-order chi connectivity index (χ1) is 10.8. The molecule has 2 amide bonds. The summed E-state index contributed by atoms with van der Waals surface area (Å²) in [7, 11) is 0. The van der Waals surface area contributed by atoms with Crippen molar-refractivity contribution in [2.24, 2.45) is 0 Å². The average Bonchev–Trinajstić information content (AvgIpc) is 3.03. The minimum Gasteiger partial charge on any atom is -0.334 e. The topological polar surface area (TPSA) is 59.0 Å². The van der Waals surface area contributed by atoms with E-state index in [4.69, 9.17) is 0 Å². The van der Waals surface area contributed by atoms with Gasteiger partial charge < -0.3 is 10.6 Å². The molecular weight excluding hydrogens is 296 g/mol. The predicted octanol–water partition coefficient (Wildman–Crippen LogP) is 2.95. The molecule has 0 spiro atoms. The number of hydrogen-bond donors (Lipinski definition) is 2. The Morgan fingerprint density at radius 3 is 2.91 bits per heavy atom. The van der Waals surface area contributed by atoms with Gasteiger partial charge in [-0.2, -0.15) is 16.9 Å². The molecule has 1 atom stereocenters. The van der Waals surface area contributed by atoms with Crippen LogP contribution in [0.25, 0.3) is 0 Å². The SMILES string of the molecule is O=C(Nc1ccc(Cn2cccn2)cc1)NC1CCCSC1. The summed E-state index contributed by atoms with van der Waals surface area (Å²) < 4.78 is 1.87. The Balaban J connectivity index is 1.50. The van der Waals surface area contributed by atoms with Crippen molar-refractivity contribution in [2.75, 3.05) is 16.8 Å². The van der Waals surface area contributed by atoms with Gasteiger partial charge in [0.2, 0.25) is 0 Å². The Labute approximate surface area is 134 Å². The molecule has 1 aliphatic rings. The first-order valence-corrected chi connectivity index (χ1v) is 8.67. The zero-order valence-electron chi connectivity index (χ0n) is 12.4. The summed E-state index contributed by atoms with van der Waals surface area (Å²) in [5, 5.41) is 10.1. The zero-order chi connectivity index (χ0) is 15.2. The van der Waals surface area contributed by atoms with Crippen LogP contribution >= 0.6 is 11.8 Å². The molecule has 0 aliphatic carbocycles. The van der Waals surface area contributed by atoms with E-state index in [1.807, 2.05) is 53.0 Å². The van der Waals surface area contributed by atoms with E-state index in [0.29, 0.717) is 0 Å². The molecule has 3 rings (SSSR count). The number of anilines is 1. The Morgan fingerprint density at radius 2 is 2.23 bits per heavy atom. The van der Waals surface area contributed by atoms with Crippen LogP contribution in [-0.4, -0.2) is 33.4 Å². The monoisotopic (exact) mass is 316 g/mol. The van der Waals surface area contributed by atoms with E-state index in [9.17, 15) is 4.79 Å². The lowest BCUT2D eigenvalue weighted by atomic mass is 10.2. The van der Waals surface area contributed by atoms with Crippen molar-refractivity contribution < 1.29 is 4.79 Å². The van der Waals surface area contributed by atoms with Gasteiger partial charge in [-0.25, -0.2) is 4.79 Å². The van der Waals surface area contributed by atoms with E-state index in [1.54, 1.807) is 6.20 Å². The molecule has 0 radical (unpaired) electrons. The minimum atomic E-state index is -0.118. The third kappa shape index (κ3) is 4.27. The van der Waals surface area contributed by atoms with Gasteiger partial charge in [0.05, 0.1) is 6.54 Å². The van der Waals surface area contributed by atoms with Gasteiger partial charge in [0.25, 0.3) is 0 Å². The molecule has 0 saturated carbocycles. The van der Waals surface area contributed by atoms with Crippen molar-refractivity contribution in [3.05, 3.63) is 48.3 Å². The maximum Gasteiger partial charge on any atom is 0.319 e. The van der Waals surface area contributed by atoms with Gasteiger partial charge >= 0.3 is 6.03 Å². The number of nitrogens with one attached hydrogen (secondary N) is 2. The second-order valence-corrected chi connectivity index (χ2v) is 6.56. The van der Waals surface area contributed by atoms with Crippen LogP contribution in [0.3, 0.4) is 0 Å². The highest BCUT2D eigenvalue weighted by molar-refractivity contribution is 7.99. The predicted molar refractivity (Wildman–Crippen MR) is 90.3 cm³/mol. The smallest absolute Gasteiger partial charge is 0.319 e. The molecule has 2 N–H and O–H groups in total. The number of benzene rings is 1. The molecule has 1 fully saturated rings. The highest BCUT2D eigenvalue weighted by Crippen LogP contribution is 2.17. The van der Waals surface area contributed by atoms with Gasteiger partial charge in [-0.3, -0.25) is 4.68 Å². The highest BCUT2D eigenvalue weighted by atomic mass is 32.2. The lowest BCUT2D eigenvalue weighted by Gasteiger charge is -2.22. The summed E-state index contributed by atoms with van der Waals surface area (Å²) >= 11 is 1.90. The Hall–Kier alpha value is -1.95. The van der Waals surface area contributed by atoms with Crippen LogP contribution in [0.15, 0.2) is 42.7 Å². The zero-order valence-corrected chi connectivity index (χ0v) is 13.2. The van der Waals surface area contributed by atoms with Gasteiger partial charge in [0.15, 0.2) is 0 Å². The van der Waals surface area contributed by atoms with Crippen molar-refractivity contribution in [1.82, 2.24) is 15.1 Å². The quantitative estimate of drug-likeness (QED) is 0.912. The Morgan fingerprint density at radius 1 is 1.36 bits per heavy atom. The Bertz CT molecular complexity index is 591. The Kier molecular flexibility index (Phi) is 5.00. The van der Waals surface area contributed by atoms with Crippen LogP contribution < -0.4 is 10.6 Å². The van der Waals surface area contributed by atoms with Gasteiger partial charge in [0.1, 0.15) is 0 Å². The average molecular weight is 316 g/mol. The third-order valence-corrected chi connectivity index (χ3v) is 4.83. The summed E-state index contributed by atoms with van der Waals surface area (Å²) in [5.74, 6) is 2.22. The number of amides is 2. The van der Waals surface area contributed by atoms with Crippen LogP contribution in [-0.2, 0) is 6.54 Å². The second kappa shape index (κ2) is 7.35. The van der Waals surface area contributed by atoms with Gasteiger partial charge in [-0.1, -0.05) is 12.1 Å². The number of thioether (sulfide) groups is 1. The molecule has 1 saturated heterocycles. The van der Waals surface area contributed by atoms with Crippen LogP contribution in [0, 0.1) is 0 Å². The standard InChI is InChI=1S/C16H20N4OS/c21-16(19-15-3-1-10-22-12-15)18-14-6-4-13(5-7-14)11-20-9-2-8-17-20/h2,4-9,15H,1,3,10-12H2,(H2,18,19,21). The fourth-order valence-corrected chi connectivity index (χ4v) is 3.55. The number of rotatable bonds is 4. The van der Waals surface area contributed by atoms with Crippen molar-refractivity contribution >= 4 is 23.5 Å². The van der Waals surface area contributed by atoms with Crippen LogP contribution in [0.5, 0.6) is 0 Å². The van der Waals surface area contributed by atoms with Crippen molar-refractivity contribution in [2.45, 2.75) is 25.4 Å². The van der Waals surface area contributed by atoms with E-state index in [-0.39, 0.29) is 12.1 Å². The largest absolute Gasteiger partial charge is 0.334 e. The summed E-state index contributed by atoms with van der Waals surface area (Å²) in [6, 6.07) is 9.94. The highest BCUT2D eigenvalue weighted by Gasteiger charge is 2.15. The van der Waals surface area contributed by atoms with Crippen molar-refractivity contribution in [1.29, 1.82) is 0 Å². The summed E-state index contributed by atoms with van der Waals surface area (Å²) in [6.07, 6.45) is 5.95. The van der Waals surface area contributed by atoms with Crippen LogP contribution in [0.1, 0.15) is 18.4 Å². The van der Waals surface area contributed by atoms with E-state index in [0.717, 1.165) is 30.0 Å². The maximum absolute atomic E-state index is 12.0. The number of hydrogen-bond acceptors (Lipinski definition) is 3. The molecule has 6 heteroatoms. The van der Waals surface area contributed by atoms with Crippen LogP contribution in [0.4, 0.5) is 10.5 Å². The number of carbonyl (C=O) groups excluding carboxylic acids is 1. The van der Waals surface area contributed by atoms with Crippen molar-refractivity contribution in [3.63, 3.8) is 0 Å². The molecule has 22 heavy (non-hydrogen) atoms. The number of carbonyl (C=O) groups is 1. The van der Waals surface area contributed by atoms with Crippen LogP contribution in [0.2, 0.25) is 0 Å². The molecule has 2 aromatic rings. The molecule has 0 bridgehead atoms. The number of nitrogens with zero attached hydrogens (tertiary/aromatic N) is 2. The fourth-order valence-electron chi connectivity index (χ4n) is 2.48. The molecule has 1 unspecified atom stereocenters. The summed E-state index contributed by atoms with van der Waals surface area (Å²) in [6.45, 7) is 0.735. The minimum absolute atomic E-state index is 0.118. The molecule has 1 aliphatic heterocycles. The molecule has 2 heterocycles. The van der Waals surface area contributed by atoms with E-state index in [1.165, 1.54) is 12.2 Å². The first-order valence-electron chi connectivity index (χ1n) is 7.51. The number of urea groups is 1. The molecule has 116 valence electrons. The normalized spacial score (nSPS) is 17.9. The van der Waals surface area contributed by atoms with Gasteiger partial charge in [0, 0.05) is 29.9 Å². The first kappa shape index (κ1) is 15.0. The maximum atomic E-state index is 12.0. The fraction of sp³-hybridized carbons (Fsp3) is 0.375. The van der Waals surface area contributed by atoms with Gasteiger partial charge in [-0.15, -0.1) is 0 Å². The lowest BCUT2D eigenvalue weighted by Crippen LogP contribution is -2.40. The van der Waals surface area contributed by atoms with Gasteiger partial charge in [-0.05, 0) is 42.4 Å². The third-order valence-electron chi connectivity index (χ3n) is 3.61. The summed E-state index contributed by atoms with van der Waals surface area (Å²) in [5.41, 5.74) is 1.96. The summed E-state index contributed by atoms with van der Waals surface area (Å²) in [4.78, 5) is 12.0. The van der Waals surface area contributed by atoms with E-state index >= 15 is 0 Å². The number of aromatic nitrogens is 2.